The van der Waals surface area contributed by atoms with Gasteiger partial charge in [0.15, 0.2) is 12.4 Å². The quantitative estimate of drug-likeness (QED) is 0.423. The Kier molecular flexibility index (Phi) is 4.23. The first-order chi connectivity index (χ1) is 4.30. The zero-order valence-corrected chi connectivity index (χ0v) is 7.10. The molecule has 10 heavy (non-hydrogen) atoms. The summed E-state index contributed by atoms with van der Waals surface area (Å²) in [5.74, 6) is 0. The third-order valence-corrected chi connectivity index (χ3v) is 1.82. The standard InChI is InChI=1S/C6H8NOS.ClH/c1-9(8)7-5-3-2-4-6-7;/h2-6H,1H3;1H/q+1;/p-1. The first kappa shape index (κ1) is 9.59. The van der Waals surface area contributed by atoms with Crippen molar-refractivity contribution < 1.29 is 20.6 Å². The highest BCUT2D eigenvalue weighted by molar-refractivity contribution is 7.77. The van der Waals surface area contributed by atoms with E-state index in [9.17, 15) is 4.21 Å². The van der Waals surface area contributed by atoms with Crippen LogP contribution in [-0.2, 0) is 11.0 Å². The van der Waals surface area contributed by atoms with Gasteiger partial charge < -0.3 is 12.4 Å². The van der Waals surface area contributed by atoms with Crippen molar-refractivity contribution in [3.8, 4) is 0 Å². The second kappa shape index (κ2) is 4.41. The van der Waals surface area contributed by atoms with Crippen molar-refractivity contribution in [3.63, 3.8) is 0 Å². The number of hydrogen-bond donors (Lipinski definition) is 0. The Hall–Kier alpha value is -0.410. The Morgan fingerprint density at radius 1 is 1.20 bits per heavy atom. The van der Waals surface area contributed by atoms with Gasteiger partial charge in [-0.3, -0.25) is 0 Å². The van der Waals surface area contributed by atoms with Crippen LogP contribution in [-0.4, -0.2) is 10.5 Å². The third kappa shape index (κ3) is 2.45. The first-order valence-corrected chi connectivity index (χ1v) is 4.12. The molecule has 1 aromatic heterocycles. The van der Waals surface area contributed by atoms with Gasteiger partial charge in [-0.15, -0.1) is 3.97 Å². The van der Waals surface area contributed by atoms with E-state index in [2.05, 4.69) is 0 Å². The molecular formula is C6H8ClNOS. The topological polar surface area (TPSA) is 20.9 Å². The van der Waals surface area contributed by atoms with Crippen LogP contribution in [0.15, 0.2) is 30.6 Å². The van der Waals surface area contributed by atoms with Crippen molar-refractivity contribution >= 4 is 11.0 Å². The van der Waals surface area contributed by atoms with Crippen molar-refractivity contribution in [3.05, 3.63) is 30.6 Å². The molecule has 0 aliphatic carbocycles. The van der Waals surface area contributed by atoms with Crippen molar-refractivity contribution in [2.75, 3.05) is 6.26 Å². The number of rotatable bonds is 1. The minimum Gasteiger partial charge on any atom is -1.00 e. The first-order valence-electron chi connectivity index (χ1n) is 2.61. The molecule has 0 spiro atoms. The average molecular weight is 178 g/mol. The number of pyridine rings is 1. The predicted octanol–water partition coefficient (Wildman–Crippen LogP) is -2.88. The summed E-state index contributed by atoms with van der Waals surface area (Å²) >= 11 is 0. The maximum atomic E-state index is 10.7. The fourth-order valence-electron chi connectivity index (χ4n) is 0.554. The number of halogens is 1. The maximum Gasteiger partial charge on any atom is 0.283 e. The van der Waals surface area contributed by atoms with E-state index in [-0.39, 0.29) is 12.4 Å². The Balaban J connectivity index is 0.000000810. The predicted molar refractivity (Wildman–Crippen MR) is 36.1 cm³/mol. The molecule has 0 aliphatic rings. The lowest BCUT2D eigenvalue weighted by Crippen LogP contribution is -3.00. The van der Waals surface area contributed by atoms with Gasteiger partial charge in [0.05, 0.1) is 6.26 Å². The van der Waals surface area contributed by atoms with E-state index in [1.807, 2.05) is 18.2 Å². The van der Waals surface area contributed by atoms with Crippen molar-refractivity contribution in [2.24, 2.45) is 0 Å². The number of aromatic nitrogens is 1. The zero-order valence-electron chi connectivity index (χ0n) is 5.53. The van der Waals surface area contributed by atoms with Crippen LogP contribution in [0.4, 0.5) is 0 Å². The number of nitrogens with zero attached hydrogens (tertiary/aromatic N) is 1. The number of hydrogen-bond acceptors (Lipinski definition) is 1. The van der Waals surface area contributed by atoms with Crippen LogP contribution < -0.4 is 16.4 Å². The lowest BCUT2D eigenvalue weighted by Gasteiger charge is -1.83. The summed E-state index contributed by atoms with van der Waals surface area (Å²) in [5, 5.41) is 0. The summed E-state index contributed by atoms with van der Waals surface area (Å²) < 4.78 is 12.4. The van der Waals surface area contributed by atoms with E-state index in [0.717, 1.165) is 0 Å². The minimum atomic E-state index is -0.912. The Morgan fingerprint density at radius 2 is 1.70 bits per heavy atom. The molecule has 4 heteroatoms. The summed E-state index contributed by atoms with van der Waals surface area (Å²) in [4.78, 5) is 0. The highest BCUT2D eigenvalue weighted by Gasteiger charge is 1.99. The van der Waals surface area contributed by atoms with Crippen LogP contribution in [0, 0.1) is 0 Å². The maximum absolute atomic E-state index is 10.7. The van der Waals surface area contributed by atoms with E-state index >= 15 is 0 Å². The van der Waals surface area contributed by atoms with Crippen LogP contribution in [0.25, 0.3) is 0 Å². The molecular weight excluding hydrogens is 170 g/mol. The molecule has 0 N–H and O–H groups in total. The monoisotopic (exact) mass is 177 g/mol. The van der Waals surface area contributed by atoms with Gasteiger partial charge in [0, 0.05) is 12.1 Å². The summed E-state index contributed by atoms with van der Waals surface area (Å²) in [7, 11) is -0.912. The van der Waals surface area contributed by atoms with Gasteiger partial charge in [0.2, 0.25) is 0 Å². The Morgan fingerprint density at radius 3 is 2.00 bits per heavy atom. The molecule has 1 unspecified atom stereocenters. The molecule has 1 heterocycles. The smallest absolute Gasteiger partial charge is 0.283 e. The molecule has 1 atom stereocenters. The Labute approximate surface area is 68.9 Å². The molecule has 0 radical (unpaired) electrons. The van der Waals surface area contributed by atoms with Crippen LogP contribution in [0.5, 0.6) is 0 Å². The zero-order chi connectivity index (χ0) is 6.69. The molecule has 56 valence electrons. The lowest BCUT2D eigenvalue weighted by atomic mass is 10.5. The summed E-state index contributed by atoms with van der Waals surface area (Å²) in [5.41, 5.74) is 0. The second-order valence-electron chi connectivity index (χ2n) is 1.66. The van der Waals surface area contributed by atoms with E-state index in [1.165, 1.54) is 0 Å². The largest absolute Gasteiger partial charge is 1.00 e. The van der Waals surface area contributed by atoms with E-state index in [4.69, 9.17) is 0 Å². The van der Waals surface area contributed by atoms with Gasteiger partial charge in [0.1, 0.15) is 0 Å². The normalized spacial score (nSPS) is 11.7. The molecule has 2 nitrogen and oxygen atoms in total. The summed E-state index contributed by atoms with van der Waals surface area (Å²) in [6.45, 7) is 0. The molecule has 0 saturated carbocycles. The van der Waals surface area contributed by atoms with Crippen LogP contribution >= 0.6 is 0 Å². The molecule has 0 amide bonds. The van der Waals surface area contributed by atoms with Gasteiger partial charge in [-0.05, 0) is 0 Å². The highest BCUT2D eigenvalue weighted by Crippen LogP contribution is 1.76. The molecule has 0 aromatic carbocycles. The van der Waals surface area contributed by atoms with Crippen molar-refractivity contribution in [1.29, 1.82) is 0 Å². The molecule has 1 rings (SSSR count). The van der Waals surface area contributed by atoms with Crippen LogP contribution in [0.1, 0.15) is 0 Å². The van der Waals surface area contributed by atoms with E-state index in [1.54, 1.807) is 22.6 Å². The SMILES string of the molecule is CS(=O)[n+]1ccccc1.[Cl-]. The minimum absolute atomic E-state index is 0. The molecule has 0 bridgehead atoms. The molecule has 0 fully saturated rings. The van der Waals surface area contributed by atoms with Gasteiger partial charge in [0.25, 0.3) is 11.0 Å². The van der Waals surface area contributed by atoms with E-state index in [0.29, 0.717) is 0 Å². The van der Waals surface area contributed by atoms with Gasteiger partial charge in [-0.2, -0.15) is 4.21 Å². The average Bonchev–Trinajstić information content (AvgIpc) is 1.90. The van der Waals surface area contributed by atoms with Crippen molar-refractivity contribution in [1.82, 2.24) is 0 Å². The van der Waals surface area contributed by atoms with Crippen LogP contribution in [0.3, 0.4) is 0 Å². The third-order valence-electron chi connectivity index (χ3n) is 0.985. The second-order valence-corrected chi connectivity index (χ2v) is 2.93. The molecule has 0 saturated heterocycles. The van der Waals surface area contributed by atoms with Gasteiger partial charge >= 0.3 is 0 Å². The van der Waals surface area contributed by atoms with Gasteiger partial charge in [-0.1, -0.05) is 6.07 Å². The van der Waals surface area contributed by atoms with Crippen LogP contribution in [0.2, 0.25) is 0 Å². The molecule has 1 aromatic rings. The lowest BCUT2D eigenvalue weighted by molar-refractivity contribution is -0.503. The van der Waals surface area contributed by atoms with E-state index < -0.39 is 11.0 Å². The van der Waals surface area contributed by atoms with Gasteiger partial charge in [-0.25, -0.2) is 0 Å². The molecule has 0 aliphatic heterocycles. The fourth-order valence-corrected chi connectivity index (χ4v) is 1.04. The Bertz CT molecular complexity index is 214. The summed E-state index contributed by atoms with van der Waals surface area (Å²) in [6, 6.07) is 5.59. The fraction of sp³-hybridized carbons (Fsp3) is 0.167. The summed E-state index contributed by atoms with van der Waals surface area (Å²) in [6.07, 6.45) is 5.19. The van der Waals surface area contributed by atoms with Crippen molar-refractivity contribution in [2.45, 2.75) is 0 Å². The highest BCUT2D eigenvalue weighted by atomic mass is 35.5.